The molecule has 0 saturated carbocycles. The molecule has 3 aromatic rings. The average molecular weight is 393 g/mol. The SMILES string of the molecule is CC(=O)Oc1ccc(C(=O)Nc2cnn(CC3COc4ccccc4O3)c2)cc1. The molecule has 0 spiro atoms. The van der Waals surface area contributed by atoms with Gasteiger partial charge in [-0.2, -0.15) is 5.10 Å². The third kappa shape index (κ3) is 4.55. The molecule has 1 unspecified atom stereocenters. The van der Waals surface area contributed by atoms with E-state index in [-0.39, 0.29) is 12.0 Å². The van der Waals surface area contributed by atoms with E-state index in [9.17, 15) is 9.59 Å². The number of hydrogen-bond acceptors (Lipinski definition) is 6. The van der Waals surface area contributed by atoms with E-state index in [0.717, 1.165) is 5.75 Å². The lowest BCUT2D eigenvalue weighted by Gasteiger charge is -2.26. The Kier molecular flexibility index (Phi) is 5.15. The van der Waals surface area contributed by atoms with Gasteiger partial charge < -0.3 is 19.5 Å². The number of aromatic nitrogens is 2. The van der Waals surface area contributed by atoms with E-state index in [1.807, 2.05) is 24.3 Å². The van der Waals surface area contributed by atoms with Crippen molar-refractivity contribution in [1.29, 1.82) is 0 Å². The predicted octanol–water partition coefficient (Wildman–Crippen LogP) is 2.90. The van der Waals surface area contributed by atoms with Crippen molar-refractivity contribution < 1.29 is 23.8 Å². The number of carbonyl (C=O) groups excluding carboxylic acids is 2. The van der Waals surface area contributed by atoms with E-state index in [2.05, 4.69) is 10.4 Å². The van der Waals surface area contributed by atoms with Gasteiger partial charge in [-0.25, -0.2) is 0 Å². The van der Waals surface area contributed by atoms with Crippen LogP contribution >= 0.6 is 0 Å². The minimum atomic E-state index is -0.412. The molecule has 0 aliphatic carbocycles. The number of nitrogens with one attached hydrogen (secondary N) is 1. The van der Waals surface area contributed by atoms with Gasteiger partial charge in [0.25, 0.3) is 5.91 Å². The number of para-hydroxylation sites is 2. The maximum Gasteiger partial charge on any atom is 0.308 e. The summed E-state index contributed by atoms with van der Waals surface area (Å²) >= 11 is 0. The molecule has 1 atom stereocenters. The molecule has 29 heavy (non-hydrogen) atoms. The molecule has 1 aliphatic heterocycles. The summed E-state index contributed by atoms with van der Waals surface area (Å²) in [5.74, 6) is 1.13. The number of carbonyl (C=O) groups is 2. The fraction of sp³-hybridized carbons (Fsp3) is 0.190. The Morgan fingerprint density at radius 3 is 2.69 bits per heavy atom. The zero-order valence-corrected chi connectivity index (χ0v) is 15.7. The lowest BCUT2D eigenvalue weighted by atomic mass is 10.2. The summed E-state index contributed by atoms with van der Waals surface area (Å²) in [7, 11) is 0. The number of amides is 1. The molecule has 4 rings (SSSR count). The standard InChI is InChI=1S/C21H19N3O5/c1-14(25)28-17-8-6-15(7-9-17)21(26)23-16-10-22-24(11-16)12-18-13-27-19-4-2-3-5-20(19)29-18/h2-11,18H,12-13H2,1H3,(H,23,26). The van der Waals surface area contributed by atoms with E-state index in [1.165, 1.54) is 6.92 Å². The van der Waals surface area contributed by atoms with E-state index in [1.54, 1.807) is 41.3 Å². The smallest absolute Gasteiger partial charge is 0.308 e. The Balaban J connectivity index is 1.34. The zero-order valence-electron chi connectivity index (χ0n) is 15.7. The quantitative estimate of drug-likeness (QED) is 0.529. The second-order valence-electron chi connectivity index (χ2n) is 6.52. The molecule has 2 heterocycles. The average Bonchev–Trinajstić information content (AvgIpc) is 3.14. The van der Waals surface area contributed by atoms with Crippen LogP contribution < -0.4 is 19.5 Å². The number of ether oxygens (including phenoxy) is 3. The van der Waals surface area contributed by atoms with Crippen molar-refractivity contribution in [2.45, 2.75) is 19.6 Å². The molecule has 1 N–H and O–H groups in total. The number of hydrogen-bond donors (Lipinski definition) is 1. The number of rotatable bonds is 5. The van der Waals surface area contributed by atoms with E-state index >= 15 is 0 Å². The lowest BCUT2D eigenvalue weighted by Crippen LogP contribution is -2.33. The fourth-order valence-electron chi connectivity index (χ4n) is 2.93. The van der Waals surface area contributed by atoms with Crippen LogP contribution in [0.5, 0.6) is 17.2 Å². The van der Waals surface area contributed by atoms with Crippen molar-refractivity contribution in [2.75, 3.05) is 11.9 Å². The summed E-state index contributed by atoms with van der Waals surface area (Å²) in [5.41, 5.74) is 1.01. The third-order valence-electron chi connectivity index (χ3n) is 4.23. The molecule has 0 saturated heterocycles. The normalized spacial score (nSPS) is 14.9. The van der Waals surface area contributed by atoms with Gasteiger partial charge in [0.1, 0.15) is 12.4 Å². The molecule has 2 aromatic carbocycles. The van der Waals surface area contributed by atoms with Crippen LogP contribution in [0, 0.1) is 0 Å². The molecule has 8 nitrogen and oxygen atoms in total. The minimum Gasteiger partial charge on any atom is -0.486 e. The molecular formula is C21H19N3O5. The van der Waals surface area contributed by atoms with Crippen molar-refractivity contribution >= 4 is 17.6 Å². The largest absolute Gasteiger partial charge is 0.486 e. The van der Waals surface area contributed by atoms with Crippen LogP contribution in [0.15, 0.2) is 60.9 Å². The highest BCUT2D eigenvalue weighted by molar-refractivity contribution is 6.04. The Morgan fingerprint density at radius 1 is 1.17 bits per heavy atom. The fourth-order valence-corrected chi connectivity index (χ4v) is 2.93. The van der Waals surface area contributed by atoms with Crippen molar-refractivity contribution in [3.63, 3.8) is 0 Å². The molecule has 1 aromatic heterocycles. The van der Waals surface area contributed by atoms with Crippen molar-refractivity contribution in [3.8, 4) is 17.2 Å². The summed E-state index contributed by atoms with van der Waals surface area (Å²) in [6.07, 6.45) is 3.12. The number of anilines is 1. The van der Waals surface area contributed by atoms with Crippen molar-refractivity contribution in [2.24, 2.45) is 0 Å². The summed E-state index contributed by atoms with van der Waals surface area (Å²) in [6.45, 7) is 2.23. The predicted molar refractivity (Wildman–Crippen MR) is 104 cm³/mol. The molecule has 148 valence electrons. The minimum absolute atomic E-state index is 0.179. The Morgan fingerprint density at radius 2 is 1.93 bits per heavy atom. The van der Waals surface area contributed by atoms with E-state index < -0.39 is 5.97 Å². The van der Waals surface area contributed by atoms with Crippen molar-refractivity contribution in [3.05, 3.63) is 66.5 Å². The van der Waals surface area contributed by atoms with Gasteiger partial charge in [-0.3, -0.25) is 14.3 Å². The van der Waals surface area contributed by atoms with Crippen LogP contribution in [-0.4, -0.2) is 34.4 Å². The van der Waals surface area contributed by atoms with Gasteiger partial charge in [0.05, 0.1) is 18.4 Å². The Hall–Kier alpha value is -3.81. The van der Waals surface area contributed by atoms with Gasteiger partial charge >= 0.3 is 5.97 Å². The highest BCUT2D eigenvalue weighted by Crippen LogP contribution is 2.31. The number of nitrogens with zero attached hydrogens (tertiary/aromatic N) is 2. The molecule has 8 heteroatoms. The van der Waals surface area contributed by atoms with Crippen LogP contribution in [-0.2, 0) is 11.3 Å². The second kappa shape index (κ2) is 8.05. The van der Waals surface area contributed by atoms with Crippen LogP contribution in [0.25, 0.3) is 0 Å². The third-order valence-corrected chi connectivity index (χ3v) is 4.23. The highest BCUT2D eigenvalue weighted by Gasteiger charge is 2.21. The van der Waals surface area contributed by atoms with Crippen LogP contribution in [0.2, 0.25) is 0 Å². The Labute approximate surface area is 167 Å². The van der Waals surface area contributed by atoms with Gasteiger partial charge in [0.15, 0.2) is 17.6 Å². The van der Waals surface area contributed by atoms with E-state index in [4.69, 9.17) is 14.2 Å². The first-order chi connectivity index (χ1) is 14.1. The van der Waals surface area contributed by atoms with Gasteiger partial charge in [0.2, 0.25) is 0 Å². The summed E-state index contributed by atoms with van der Waals surface area (Å²) in [4.78, 5) is 23.3. The monoisotopic (exact) mass is 393 g/mol. The van der Waals surface area contributed by atoms with Crippen LogP contribution in [0.4, 0.5) is 5.69 Å². The molecular weight excluding hydrogens is 374 g/mol. The first-order valence-electron chi connectivity index (χ1n) is 9.07. The topological polar surface area (TPSA) is 91.7 Å². The van der Waals surface area contributed by atoms with Gasteiger partial charge in [-0.1, -0.05) is 12.1 Å². The first kappa shape index (κ1) is 18.5. The molecule has 0 bridgehead atoms. The summed E-state index contributed by atoms with van der Waals surface area (Å²) in [5, 5.41) is 7.06. The highest BCUT2D eigenvalue weighted by atomic mass is 16.6. The van der Waals surface area contributed by atoms with Gasteiger partial charge in [-0.05, 0) is 36.4 Å². The molecule has 0 radical (unpaired) electrons. The second-order valence-corrected chi connectivity index (χ2v) is 6.52. The molecule has 0 fully saturated rings. The molecule has 1 amide bonds. The maximum atomic E-state index is 12.4. The summed E-state index contributed by atoms with van der Waals surface area (Å²) < 4.78 is 18.3. The lowest BCUT2D eigenvalue weighted by molar-refractivity contribution is -0.131. The van der Waals surface area contributed by atoms with Gasteiger partial charge in [0, 0.05) is 18.7 Å². The maximum absolute atomic E-state index is 12.4. The molecule has 1 aliphatic rings. The number of fused-ring (bicyclic) bond motifs is 1. The first-order valence-corrected chi connectivity index (χ1v) is 9.07. The van der Waals surface area contributed by atoms with E-state index in [0.29, 0.717) is 35.9 Å². The van der Waals surface area contributed by atoms with Crippen molar-refractivity contribution in [1.82, 2.24) is 9.78 Å². The number of benzene rings is 2. The Bertz CT molecular complexity index is 1030. The zero-order chi connectivity index (χ0) is 20.2. The number of esters is 1. The van der Waals surface area contributed by atoms with Crippen LogP contribution in [0.1, 0.15) is 17.3 Å². The summed E-state index contributed by atoms with van der Waals surface area (Å²) in [6, 6.07) is 13.8. The van der Waals surface area contributed by atoms with Crippen LogP contribution in [0.3, 0.4) is 0 Å². The van der Waals surface area contributed by atoms with Gasteiger partial charge in [-0.15, -0.1) is 0 Å².